The number of nitrogens with one attached hydrogen (secondary N) is 3. The summed E-state index contributed by atoms with van der Waals surface area (Å²) in [5.74, 6) is 0.178. The fraction of sp³-hybridized carbons (Fsp3) is 0.444. The average molecular weight is 476 g/mol. The van der Waals surface area contributed by atoms with Gasteiger partial charge in [0.15, 0.2) is 0 Å². The molecule has 1 aromatic carbocycles. The molecule has 3 N–H and O–H groups in total. The van der Waals surface area contributed by atoms with E-state index in [0.717, 1.165) is 28.6 Å². The maximum atomic E-state index is 13.2. The van der Waals surface area contributed by atoms with Crippen molar-refractivity contribution in [2.24, 2.45) is 11.8 Å². The van der Waals surface area contributed by atoms with Gasteiger partial charge in [0.2, 0.25) is 5.91 Å². The highest BCUT2D eigenvalue weighted by Gasteiger charge is 2.37. The van der Waals surface area contributed by atoms with Gasteiger partial charge < -0.3 is 25.1 Å². The Morgan fingerprint density at radius 2 is 1.91 bits per heavy atom. The first-order chi connectivity index (χ1) is 16.9. The third-order valence-electron chi connectivity index (χ3n) is 7.36. The van der Waals surface area contributed by atoms with Gasteiger partial charge in [0.05, 0.1) is 0 Å². The second-order valence-corrected chi connectivity index (χ2v) is 10.2. The number of H-pyrrole nitrogens is 1. The van der Waals surface area contributed by atoms with E-state index in [1.54, 1.807) is 12.1 Å². The first-order valence-electron chi connectivity index (χ1n) is 12.5. The number of fused-ring (bicyclic) bond motifs is 5. The Kier molecular flexibility index (Phi) is 6.36. The number of hydrogen-bond acceptors (Lipinski definition) is 3. The molecule has 3 aromatic rings. The Hall–Kier alpha value is -3.55. The Morgan fingerprint density at radius 3 is 2.74 bits per heavy atom. The number of piperidine rings is 1. The van der Waals surface area contributed by atoms with E-state index in [1.807, 2.05) is 53.8 Å². The molecule has 8 nitrogen and oxygen atoms in total. The molecular weight excluding hydrogens is 442 g/mol. The van der Waals surface area contributed by atoms with E-state index in [4.69, 9.17) is 0 Å². The molecule has 2 aliphatic rings. The van der Waals surface area contributed by atoms with Gasteiger partial charge >= 0.3 is 6.03 Å². The Morgan fingerprint density at radius 1 is 1.09 bits per heavy atom. The van der Waals surface area contributed by atoms with Crippen molar-refractivity contribution in [1.29, 1.82) is 0 Å². The lowest BCUT2D eigenvalue weighted by Crippen LogP contribution is -2.57. The number of rotatable bonds is 6. The number of likely N-dealkylation sites (tertiary alicyclic amines) is 1. The van der Waals surface area contributed by atoms with Crippen molar-refractivity contribution in [3.8, 4) is 0 Å². The summed E-state index contributed by atoms with van der Waals surface area (Å²) in [6.45, 7) is 6.17. The van der Waals surface area contributed by atoms with Crippen LogP contribution in [0.25, 0.3) is 10.9 Å². The number of urea groups is 1. The number of hydrogen-bond donors (Lipinski definition) is 3. The summed E-state index contributed by atoms with van der Waals surface area (Å²) in [5.41, 5.74) is 3.27. The van der Waals surface area contributed by atoms with E-state index < -0.39 is 6.04 Å². The minimum Gasteiger partial charge on any atom is -0.361 e. The second kappa shape index (κ2) is 9.60. The summed E-state index contributed by atoms with van der Waals surface area (Å²) in [5, 5.41) is 7.16. The van der Waals surface area contributed by atoms with Crippen molar-refractivity contribution in [1.82, 2.24) is 25.1 Å². The molecule has 1 fully saturated rings. The summed E-state index contributed by atoms with van der Waals surface area (Å²) in [6.07, 6.45) is 3.68. The molecule has 2 aliphatic heterocycles. The third-order valence-corrected chi connectivity index (χ3v) is 7.36. The van der Waals surface area contributed by atoms with Crippen LogP contribution in [0.2, 0.25) is 0 Å². The maximum Gasteiger partial charge on any atom is 0.318 e. The summed E-state index contributed by atoms with van der Waals surface area (Å²) < 4.78 is 1.85. The molecular formula is C27H33N5O3. The zero-order valence-corrected chi connectivity index (χ0v) is 20.3. The molecule has 5 rings (SSSR count). The predicted octanol–water partition coefficient (Wildman–Crippen LogP) is 2.84. The molecule has 1 saturated heterocycles. The second-order valence-electron chi connectivity index (χ2n) is 10.2. The number of nitrogens with zero attached hydrogens (tertiary/aromatic N) is 2. The van der Waals surface area contributed by atoms with Crippen LogP contribution in [0.3, 0.4) is 0 Å². The summed E-state index contributed by atoms with van der Waals surface area (Å²) >= 11 is 0. The zero-order valence-electron chi connectivity index (χ0n) is 20.3. The van der Waals surface area contributed by atoms with Crippen molar-refractivity contribution < 1.29 is 9.59 Å². The highest BCUT2D eigenvalue weighted by atomic mass is 16.2. The Labute approximate surface area is 204 Å². The molecule has 184 valence electrons. The van der Waals surface area contributed by atoms with Crippen molar-refractivity contribution in [2.75, 3.05) is 19.6 Å². The number of para-hydroxylation sites is 1. The zero-order chi connectivity index (χ0) is 24.5. The first-order valence-corrected chi connectivity index (χ1v) is 12.5. The van der Waals surface area contributed by atoms with E-state index in [9.17, 15) is 14.4 Å². The monoisotopic (exact) mass is 475 g/mol. The molecule has 0 spiro atoms. The van der Waals surface area contributed by atoms with Crippen molar-refractivity contribution in [2.45, 2.75) is 45.2 Å². The number of carbonyl (C=O) groups excluding carboxylic acids is 2. The molecule has 3 amide bonds. The minimum absolute atomic E-state index is 0.0271. The SMILES string of the molecule is CC(C)[C@H](NC(=O)N1CC2C[C@@H](C1)Cn1c2cccc1=O)C(=O)NCCc1c[nH]c2ccccc12. The number of amides is 3. The van der Waals surface area contributed by atoms with Gasteiger partial charge in [-0.25, -0.2) is 4.79 Å². The molecule has 3 atom stereocenters. The van der Waals surface area contributed by atoms with Gasteiger partial charge in [-0.05, 0) is 42.4 Å². The van der Waals surface area contributed by atoms with Crippen molar-refractivity contribution >= 4 is 22.8 Å². The van der Waals surface area contributed by atoms with Crippen LogP contribution in [0.1, 0.15) is 37.4 Å². The highest BCUT2D eigenvalue weighted by molar-refractivity contribution is 5.87. The van der Waals surface area contributed by atoms with Crippen LogP contribution >= 0.6 is 0 Å². The Balaban J connectivity index is 1.19. The van der Waals surface area contributed by atoms with E-state index in [1.165, 1.54) is 0 Å². The van der Waals surface area contributed by atoms with E-state index in [2.05, 4.69) is 21.7 Å². The standard InChI is InChI=1S/C27H33N5O3/c1-17(2)25(26(34)28-11-10-19-13-29-22-7-4-3-6-21(19)22)30-27(35)31-14-18-12-20(16-31)23-8-5-9-24(33)32(23)15-18/h3-9,13,17-18,20,25,29H,10-12,14-16H2,1-2H3,(H,28,34)(H,30,35)/t18-,20?,25-/m0/s1. The molecule has 2 aromatic heterocycles. The number of benzene rings is 1. The fourth-order valence-electron chi connectivity index (χ4n) is 5.59. The smallest absolute Gasteiger partial charge is 0.318 e. The molecule has 4 heterocycles. The van der Waals surface area contributed by atoms with Gasteiger partial charge in [0.1, 0.15) is 6.04 Å². The maximum absolute atomic E-state index is 13.2. The average Bonchev–Trinajstić information content (AvgIpc) is 3.26. The molecule has 1 unspecified atom stereocenters. The summed E-state index contributed by atoms with van der Waals surface area (Å²) in [7, 11) is 0. The number of aromatic nitrogens is 2. The lowest BCUT2D eigenvalue weighted by atomic mass is 9.83. The first kappa shape index (κ1) is 23.2. The van der Waals surface area contributed by atoms with Crippen molar-refractivity contribution in [3.63, 3.8) is 0 Å². The lowest BCUT2D eigenvalue weighted by Gasteiger charge is -2.43. The minimum atomic E-state index is -0.609. The normalized spacial score (nSPS) is 19.9. The lowest BCUT2D eigenvalue weighted by molar-refractivity contribution is -0.123. The van der Waals surface area contributed by atoms with Crippen LogP contribution in [0.5, 0.6) is 0 Å². The Bertz CT molecular complexity index is 1290. The van der Waals surface area contributed by atoms with Crippen LogP contribution in [0.15, 0.2) is 53.5 Å². The molecule has 8 heteroatoms. The summed E-state index contributed by atoms with van der Waals surface area (Å²) in [4.78, 5) is 43.5. The number of pyridine rings is 1. The fourth-order valence-corrected chi connectivity index (χ4v) is 5.59. The molecule has 0 aliphatic carbocycles. The van der Waals surface area contributed by atoms with Gasteiger partial charge in [0.25, 0.3) is 5.56 Å². The summed E-state index contributed by atoms with van der Waals surface area (Å²) in [6, 6.07) is 12.7. The largest absolute Gasteiger partial charge is 0.361 e. The van der Waals surface area contributed by atoms with Crippen LogP contribution in [-0.4, -0.2) is 52.1 Å². The van der Waals surface area contributed by atoms with Crippen LogP contribution in [0.4, 0.5) is 4.79 Å². The van der Waals surface area contributed by atoms with Crippen LogP contribution in [-0.2, 0) is 17.8 Å². The van der Waals surface area contributed by atoms with E-state index in [-0.39, 0.29) is 35.3 Å². The molecule has 35 heavy (non-hydrogen) atoms. The molecule has 2 bridgehead atoms. The van der Waals surface area contributed by atoms with E-state index in [0.29, 0.717) is 32.6 Å². The highest BCUT2D eigenvalue weighted by Crippen LogP contribution is 2.34. The molecule has 0 saturated carbocycles. The van der Waals surface area contributed by atoms with E-state index >= 15 is 0 Å². The van der Waals surface area contributed by atoms with Gasteiger partial charge in [0, 0.05) is 61.0 Å². The van der Waals surface area contributed by atoms with Crippen LogP contribution in [0, 0.1) is 11.8 Å². The number of carbonyl (C=O) groups is 2. The quantitative estimate of drug-likeness (QED) is 0.511. The van der Waals surface area contributed by atoms with Crippen LogP contribution < -0.4 is 16.2 Å². The predicted molar refractivity (Wildman–Crippen MR) is 135 cm³/mol. The topological polar surface area (TPSA) is 99.2 Å². The molecule has 0 radical (unpaired) electrons. The van der Waals surface area contributed by atoms with Gasteiger partial charge in [-0.15, -0.1) is 0 Å². The van der Waals surface area contributed by atoms with Gasteiger partial charge in [-0.2, -0.15) is 0 Å². The number of aromatic amines is 1. The van der Waals surface area contributed by atoms with Crippen molar-refractivity contribution in [3.05, 3.63) is 70.3 Å². The van der Waals surface area contributed by atoms with Gasteiger partial charge in [-0.3, -0.25) is 9.59 Å². The van der Waals surface area contributed by atoms with Gasteiger partial charge in [-0.1, -0.05) is 38.1 Å². The third kappa shape index (κ3) is 4.70.